The number of amides is 1. The van der Waals surface area contributed by atoms with Crippen molar-refractivity contribution >= 4 is 50.6 Å². The molecule has 2 aliphatic heterocycles. The van der Waals surface area contributed by atoms with E-state index in [1.54, 1.807) is 48.0 Å². The first-order valence-corrected chi connectivity index (χ1v) is 15.2. The lowest BCUT2D eigenvalue weighted by Gasteiger charge is -2.31. The van der Waals surface area contributed by atoms with Gasteiger partial charge in [0.25, 0.3) is 0 Å². The summed E-state index contributed by atoms with van der Waals surface area (Å²) in [7, 11) is 2.14. The van der Waals surface area contributed by atoms with E-state index in [1.807, 2.05) is 17.0 Å². The predicted molar refractivity (Wildman–Crippen MR) is 165 cm³/mol. The summed E-state index contributed by atoms with van der Waals surface area (Å²) in [6.45, 7) is 6.41. The smallest absolute Gasteiger partial charge is 0.246 e. The number of carbonyl (C=O) groups excluding carboxylic acids is 1. The minimum atomic E-state index is -0.304. The van der Waals surface area contributed by atoms with Crippen LogP contribution in [-0.4, -0.2) is 76.9 Å². The molecule has 218 valence electrons. The van der Waals surface area contributed by atoms with Crippen LogP contribution in [0.1, 0.15) is 16.0 Å². The third-order valence-electron chi connectivity index (χ3n) is 7.65. The number of fused-ring (bicyclic) bond motifs is 3. The Labute approximate surface area is 253 Å². The normalized spacial score (nSPS) is 16.2. The number of benzene rings is 2. The Morgan fingerprint density at radius 2 is 2.00 bits per heavy atom. The van der Waals surface area contributed by atoms with Gasteiger partial charge in [0.05, 0.1) is 17.0 Å². The van der Waals surface area contributed by atoms with Crippen molar-refractivity contribution in [3.8, 4) is 5.75 Å². The molecule has 42 heavy (non-hydrogen) atoms. The Morgan fingerprint density at radius 3 is 2.81 bits per heavy atom. The van der Waals surface area contributed by atoms with Crippen molar-refractivity contribution in [1.29, 1.82) is 0 Å². The molecule has 0 saturated carbocycles. The summed E-state index contributed by atoms with van der Waals surface area (Å²) in [5.41, 5.74) is 2.67. The molecule has 0 aliphatic carbocycles. The first-order chi connectivity index (χ1) is 20.4. The van der Waals surface area contributed by atoms with E-state index >= 15 is 0 Å². The van der Waals surface area contributed by atoms with Gasteiger partial charge in [-0.2, -0.15) is 0 Å². The van der Waals surface area contributed by atoms with Crippen LogP contribution in [0.4, 0.5) is 15.9 Å². The van der Waals surface area contributed by atoms with Crippen molar-refractivity contribution in [3.05, 3.63) is 87.8 Å². The zero-order valence-electron chi connectivity index (χ0n) is 23.4. The van der Waals surface area contributed by atoms with Crippen molar-refractivity contribution in [3.63, 3.8) is 0 Å². The summed E-state index contributed by atoms with van der Waals surface area (Å²) in [6, 6.07) is 11.7. The Hall–Kier alpha value is -3.57. The van der Waals surface area contributed by atoms with Crippen LogP contribution in [-0.2, 0) is 24.4 Å². The fourth-order valence-corrected chi connectivity index (χ4v) is 6.71. The molecule has 11 heteroatoms. The monoisotopic (exact) mass is 606 g/mol. The van der Waals surface area contributed by atoms with E-state index in [0.29, 0.717) is 29.7 Å². The molecule has 0 atom stereocenters. The Kier molecular flexibility index (Phi) is 8.66. The van der Waals surface area contributed by atoms with Gasteiger partial charge in [-0.05, 0) is 54.9 Å². The molecule has 0 spiro atoms. The molecule has 1 amide bonds. The lowest BCUT2D eigenvalue weighted by atomic mass is 10.0. The molecule has 0 radical (unpaired) electrons. The van der Waals surface area contributed by atoms with Crippen LogP contribution in [0.3, 0.4) is 0 Å². The highest BCUT2D eigenvalue weighted by atomic mass is 35.5. The summed E-state index contributed by atoms with van der Waals surface area (Å²) in [5, 5.41) is 4.81. The zero-order valence-corrected chi connectivity index (χ0v) is 24.9. The maximum absolute atomic E-state index is 13.5. The van der Waals surface area contributed by atoms with Gasteiger partial charge in [0.2, 0.25) is 5.91 Å². The van der Waals surface area contributed by atoms with Crippen molar-refractivity contribution in [2.75, 3.05) is 51.6 Å². The number of carbonyl (C=O) groups is 1. The Balaban J connectivity index is 1.11. The zero-order chi connectivity index (χ0) is 29.1. The third-order valence-corrected chi connectivity index (χ3v) is 9.07. The second kappa shape index (κ2) is 12.7. The quantitative estimate of drug-likeness (QED) is 0.266. The molecule has 6 rings (SSSR count). The lowest BCUT2D eigenvalue weighted by Crippen LogP contribution is -2.44. The molecule has 0 bridgehead atoms. The summed E-state index contributed by atoms with van der Waals surface area (Å²) in [5.74, 6) is 0.954. The number of anilines is 2. The van der Waals surface area contributed by atoms with Gasteiger partial charge in [-0.25, -0.2) is 14.4 Å². The number of nitrogens with zero attached hydrogens (tertiary/aromatic N) is 5. The van der Waals surface area contributed by atoms with Gasteiger partial charge in [-0.1, -0.05) is 29.8 Å². The molecule has 2 aromatic carbocycles. The lowest BCUT2D eigenvalue weighted by molar-refractivity contribution is -0.126. The molecule has 2 aromatic heterocycles. The fourth-order valence-electron chi connectivity index (χ4n) is 5.27. The van der Waals surface area contributed by atoms with Gasteiger partial charge in [-0.3, -0.25) is 9.69 Å². The van der Waals surface area contributed by atoms with E-state index in [0.717, 1.165) is 65.5 Å². The number of halogens is 2. The topological polar surface area (TPSA) is 73.8 Å². The summed E-state index contributed by atoms with van der Waals surface area (Å²) >= 11 is 8.13. The molecule has 1 N–H and O–H groups in total. The molecule has 2 aliphatic rings. The van der Waals surface area contributed by atoms with E-state index in [-0.39, 0.29) is 18.3 Å². The second-order valence-corrected chi connectivity index (χ2v) is 12.1. The highest BCUT2D eigenvalue weighted by Crippen LogP contribution is 2.39. The van der Waals surface area contributed by atoms with E-state index < -0.39 is 0 Å². The minimum absolute atomic E-state index is 0.0472. The van der Waals surface area contributed by atoms with Gasteiger partial charge >= 0.3 is 0 Å². The number of hydrogen-bond donors (Lipinski definition) is 1. The summed E-state index contributed by atoms with van der Waals surface area (Å²) in [6.07, 6.45) is 6.00. The first-order valence-electron chi connectivity index (χ1n) is 14.0. The Morgan fingerprint density at radius 1 is 1.14 bits per heavy atom. The third kappa shape index (κ3) is 6.57. The number of likely N-dealkylation sites (N-methyl/N-ethyl adjacent to an activating group) is 1. The van der Waals surface area contributed by atoms with Gasteiger partial charge in [-0.15, -0.1) is 11.3 Å². The predicted octanol–water partition coefficient (Wildman–Crippen LogP) is 5.49. The molecule has 0 unspecified atom stereocenters. The standard InChI is InChI=1S/C31H32ClFN6O2S/c1-37-12-14-38(15-13-37)10-3-6-28(40)39-11-9-24-27(18-39)42-31-29(24)30(34-20-35-31)36-23-7-8-26(25(32)17-23)41-19-21-4-2-5-22(33)16-21/h2-8,16-17,20H,9-15,18-19H2,1H3,(H,34,35,36). The minimum Gasteiger partial charge on any atom is -0.487 e. The van der Waals surface area contributed by atoms with Gasteiger partial charge in [0, 0.05) is 55.9 Å². The molecule has 1 fully saturated rings. The largest absolute Gasteiger partial charge is 0.487 e. The van der Waals surface area contributed by atoms with Crippen molar-refractivity contribution in [2.45, 2.75) is 19.6 Å². The maximum Gasteiger partial charge on any atom is 0.246 e. The number of nitrogens with one attached hydrogen (secondary N) is 1. The average molecular weight is 607 g/mol. The highest BCUT2D eigenvalue weighted by molar-refractivity contribution is 7.19. The van der Waals surface area contributed by atoms with Gasteiger partial charge in [0.1, 0.15) is 35.1 Å². The van der Waals surface area contributed by atoms with E-state index in [9.17, 15) is 9.18 Å². The summed E-state index contributed by atoms with van der Waals surface area (Å²) < 4.78 is 19.3. The van der Waals surface area contributed by atoms with Crippen LogP contribution >= 0.6 is 22.9 Å². The van der Waals surface area contributed by atoms with Crippen molar-refractivity contribution < 1.29 is 13.9 Å². The molecule has 4 heterocycles. The van der Waals surface area contributed by atoms with E-state index in [4.69, 9.17) is 16.3 Å². The van der Waals surface area contributed by atoms with Crippen LogP contribution in [0, 0.1) is 5.82 Å². The van der Waals surface area contributed by atoms with Crippen molar-refractivity contribution in [2.24, 2.45) is 0 Å². The van der Waals surface area contributed by atoms with E-state index in [1.165, 1.54) is 17.7 Å². The Bertz CT molecular complexity index is 1620. The maximum atomic E-state index is 13.5. The molecule has 8 nitrogen and oxygen atoms in total. The number of rotatable bonds is 8. The molecular weight excluding hydrogens is 575 g/mol. The van der Waals surface area contributed by atoms with Crippen molar-refractivity contribution in [1.82, 2.24) is 24.7 Å². The second-order valence-electron chi connectivity index (χ2n) is 10.6. The van der Waals surface area contributed by atoms with Crippen LogP contribution in [0.25, 0.3) is 10.2 Å². The number of hydrogen-bond acceptors (Lipinski definition) is 8. The molecule has 4 aromatic rings. The van der Waals surface area contributed by atoms with Crippen LogP contribution in [0.2, 0.25) is 5.02 Å². The number of piperazine rings is 1. The molecular formula is C31H32ClFN6O2S. The van der Waals surface area contributed by atoms with Crippen LogP contribution < -0.4 is 10.1 Å². The van der Waals surface area contributed by atoms with Gasteiger partial charge in [0.15, 0.2) is 0 Å². The SMILES string of the molecule is CN1CCN(CC=CC(=O)N2CCc3c(sc4ncnc(Nc5ccc(OCc6cccc(F)c6)c(Cl)c5)c34)C2)CC1. The summed E-state index contributed by atoms with van der Waals surface area (Å²) in [4.78, 5) is 30.7. The fraction of sp³-hybridized carbons (Fsp3) is 0.323. The number of aromatic nitrogens is 2. The molecule has 1 saturated heterocycles. The van der Waals surface area contributed by atoms with Gasteiger partial charge < -0.3 is 19.9 Å². The number of thiophene rings is 1. The first kappa shape index (κ1) is 28.5. The average Bonchev–Trinajstić information content (AvgIpc) is 3.36. The van der Waals surface area contributed by atoms with Crippen LogP contribution in [0.15, 0.2) is 60.9 Å². The van der Waals surface area contributed by atoms with Crippen LogP contribution in [0.5, 0.6) is 5.75 Å². The van der Waals surface area contributed by atoms with E-state index in [2.05, 4.69) is 32.1 Å². The number of ether oxygens (including phenoxy) is 1. The highest BCUT2D eigenvalue weighted by Gasteiger charge is 2.26.